The van der Waals surface area contributed by atoms with Crippen molar-refractivity contribution in [2.45, 2.75) is 25.8 Å². The number of hydrogen-bond acceptors (Lipinski definition) is 6. The van der Waals surface area contributed by atoms with Crippen LogP contribution < -0.4 is 5.32 Å². The van der Waals surface area contributed by atoms with Crippen molar-refractivity contribution >= 4 is 17.0 Å². The number of rotatable bonds is 3. The van der Waals surface area contributed by atoms with Crippen LogP contribution in [0.4, 0.5) is 0 Å². The first-order valence-electron chi connectivity index (χ1n) is 8.74. The molecule has 4 rings (SSSR count). The van der Waals surface area contributed by atoms with Crippen LogP contribution in [-0.4, -0.2) is 71.2 Å². The van der Waals surface area contributed by atoms with Crippen molar-refractivity contribution in [1.29, 1.82) is 0 Å². The lowest BCUT2D eigenvalue weighted by Crippen LogP contribution is -2.49. The predicted octanol–water partition coefficient (Wildman–Crippen LogP) is 0.905. The van der Waals surface area contributed by atoms with Crippen LogP contribution in [0.1, 0.15) is 29.4 Å². The molecule has 1 amide bonds. The van der Waals surface area contributed by atoms with Crippen molar-refractivity contribution in [3.63, 3.8) is 0 Å². The maximum atomic E-state index is 12.8. The van der Waals surface area contributed by atoms with Crippen molar-refractivity contribution in [2.24, 2.45) is 0 Å². The molecule has 4 heterocycles. The Morgan fingerprint density at radius 1 is 1.38 bits per heavy atom. The largest absolute Gasteiger partial charge is 0.337 e. The van der Waals surface area contributed by atoms with Gasteiger partial charge in [0.25, 0.3) is 11.6 Å². The molecule has 7 nitrogen and oxygen atoms in total. The predicted molar refractivity (Wildman–Crippen MR) is 89.9 cm³/mol. The molecule has 0 radical (unpaired) electrons. The van der Waals surface area contributed by atoms with Crippen molar-refractivity contribution in [2.75, 3.05) is 39.3 Å². The SMILES string of the molecule is CCc1noc2ncc(C(=O)N3CCC(N4CCNCC4)C3)cc12. The Labute approximate surface area is 141 Å². The molecule has 0 saturated carbocycles. The van der Waals surface area contributed by atoms with Gasteiger partial charge in [0.2, 0.25) is 0 Å². The van der Waals surface area contributed by atoms with E-state index in [1.165, 1.54) is 0 Å². The quantitative estimate of drug-likeness (QED) is 0.902. The van der Waals surface area contributed by atoms with Crippen LogP contribution in [0.15, 0.2) is 16.8 Å². The van der Waals surface area contributed by atoms with Gasteiger partial charge in [-0.05, 0) is 18.9 Å². The van der Waals surface area contributed by atoms with Gasteiger partial charge in [0.05, 0.1) is 16.6 Å². The number of nitrogens with zero attached hydrogens (tertiary/aromatic N) is 4. The van der Waals surface area contributed by atoms with Crippen LogP contribution in [-0.2, 0) is 6.42 Å². The van der Waals surface area contributed by atoms with Gasteiger partial charge < -0.3 is 14.7 Å². The maximum absolute atomic E-state index is 12.8. The highest BCUT2D eigenvalue weighted by Crippen LogP contribution is 2.22. The third-order valence-corrected chi connectivity index (χ3v) is 5.10. The maximum Gasteiger partial charge on any atom is 0.257 e. The molecule has 0 aliphatic carbocycles. The van der Waals surface area contributed by atoms with E-state index in [1.54, 1.807) is 6.20 Å². The minimum Gasteiger partial charge on any atom is -0.337 e. The Morgan fingerprint density at radius 3 is 3.00 bits per heavy atom. The van der Waals surface area contributed by atoms with E-state index in [4.69, 9.17) is 4.52 Å². The lowest BCUT2D eigenvalue weighted by Gasteiger charge is -2.32. The van der Waals surface area contributed by atoms with Crippen LogP contribution in [0.2, 0.25) is 0 Å². The summed E-state index contributed by atoms with van der Waals surface area (Å²) >= 11 is 0. The fraction of sp³-hybridized carbons (Fsp3) is 0.588. The molecule has 128 valence electrons. The number of carbonyl (C=O) groups excluding carboxylic acids is 1. The van der Waals surface area contributed by atoms with Gasteiger partial charge in [0.1, 0.15) is 0 Å². The Bertz CT molecular complexity index is 738. The summed E-state index contributed by atoms with van der Waals surface area (Å²) < 4.78 is 5.20. The van der Waals surface area contributed by atoms with Crippen LogP contribution in [0.3, 0.4) is 0 Å². The third-order valence-electron chi connectivity index (χ3n) is 5.10. The van der Waals surface area contributed by atoms with Gasteiger partial charge >= 0.3 is 0 Å². The van der Waals surface area contributed by atoms with Gasteiger partial charge in [-0.1, -0.05) is 12.1 Å². The third kappa shape index (κ3) is 2.78. The van der Waals surface area contributed by atoms with E-state index in [2.05, 4.69) is 20.4 Å². The molecule has 24 heavy (non-hydrogen) atoms. The van der Waals surface area contributed by atoms with E-state index in [0.29, 0.717) is 17.3 Å². The number of aryl methyl sites for hydroxylation is 1. The Kier molecular flexibility index (Phi) is 4.20. The fourth-order valence-electron chi connectivity index (χ4n) is 3.71. The summed E-state index contributed by atoms with van der Waals surface area (Å²) in [6.07, 6.45) is 3.42. The second-order valence-electron chi connectivity index (χ2n) is 6.54. The van der Waals surface area contributed by atoms with Crippen LogP contribution in [0.5, 0.6) is 0 Å². The average molecular weight is 329 g/mol. The monoisotopic (exact) mass is 329 g/mol. The molecule has 1 N–H and O–H groups in total. The van der Waals surface area contributed by atoms with Crippen molar-refractivity contribution in [3.8, 4) is 0 Å². The topological polar surface area (TPSA) is 74.5 Å². The first-order chi connectivity index (χ1) is 11.8. The lowest BCUT2D eigenvalue weighted by molar-refractivity contribution is 0.0773. The molecular formula is C17H23N5O2. The smallest absolute Gasteiger partial charge is 0.257 e. The van der Waals surface area contributed by atoms with E-state index in [-0.39, 0.29) is 5.91 Å². The number of fused-ring (bicyclic) bond motifs is 1. The first-order valence-corrected chi connectivity index (χ1v) is 8.74. The van der Waals surface area contributed by atoms with Crippen LogP contribution in [0, 0.1) is 0 Å². The summed E-state index contributed by atoms with van der Waals surface area (Å²) in [5, 5.41) is 8.24. The van der Waals surface area contributed by atoms with Gasteiger partial charge in [0, 0.05) is 51.5 Å². The molecule has 2 aromatic heterocycles. The molecular weight excluding hydrogens is 306 g/mol. The minimum atomic E-state index is 0.0605. The zero-order valence-corrected chi connectivity index (χ0v) is 14.0. The summed E-state index contributed by atoms with van der Waals surface area (Å²) in [5.41, 5.74) is 1.98. The average Bonchev–Trinajstić information content (AvgIpc) is 3.28. The van der Waals surface area contributed by atoms with E-state index in [9.17, 15) is 4.79 Å². The molecule has 2 aliphatic heterocycles. The number of carbonyl (C=O) groups is 1. The van der Waals surface area contributed by atoms with Crippen molar-refractivity contribution in [3.05, 3.63) is 23.5 Å². The molecule has 0 bridgehead atoms. The summed E-state index contributed by atoms with van der Waals surface area (Å²) in [5.74, 6) is 0.0605. The molecule has 2 fully saturated rings. The van der Waals surface area contributed by atoms with Crippen molar-refractivity contribution in [1.82, 2.24) is 25.3 Å². The highest BCUT2D eigenvalue weighted by molar-refractivity contribution is 5.97. The summed E-state index contributed by atoms with van der Waals surface area (Å²) in [6, 6.07) is 2.35. The molecule has 1 unspecified atom stereocenters. The lowest BCUT2D eigenvalue weighted by atomic mass is 10.1. The molecule has 1 atom stereocenters. The normalized spacial score (nSPS) is 22.4. The molecule has 2 aromatic rings. The summed E-state index contributed by atoms with van der Waals surface area (Å²) in [6.45, 7) is 7.86. The highest BCUT2D eigenvalue weighted by Gasteiger charge is 2.31. The standard InChI is InChI=1S/C17H23N5O2/c1-2-15-14-9-12(10-19-16(14)24-20-15)17(23)22-6-3-13(11-22)21-7-4-18-5-8-21/h9-10,13,18H,2-8,11H2,1H3. The molecule has 7 heteroatoms. The summed E-state index contributed by atoms with van der Waals surface area (Å²) in [7, 11) is 0. The Hall–Kier alpha value is -1.99. The number of aromatic nitrogens is 2. The zero-order valence-electron chi connectivity index (χ0n) is 14.0. The van der Waals surface area contributed by atoms with E-state index in [0.717, 1.165) is 63.2 Å². The minimum absolute atomic E-state index is 0.0605. The number of piperazine rings is 1. The Morgan fingerprint density at radius 2 is 2.21 bits per heavy atom. The molecule has 0 spiro atoms. The van der Waals surface area contributed by atoms with Gasteiger partial charge in [0.15, 0.2) is 0 Å². The van der Waals surface area contributed by atoms with Gasteiger partial charge in [-0.3, -0.25) is 9.69 Å². The van der Waals surface area contributed by atoms with E-state index in [1.807, 2.05) is 17.9 Å². The molecule has 2 saturated heterocycles. The summed E-state index contributed by atoms with van der Waals surface area (Å²) in [4.78, 5) is 21.6. The highest BCUT2D eigenvalue weighted by atomic mass is 16.5. The molecule has 2 aliphatic rings. The van der Waals surface area contributed by atoms with E-state index >= 15 is 0 Å². The number of amides is 1. The van der Waals surface area contributed by atoms with Crippen LogP contribution in [0.25, 0.3) is 11.1 Å². The molecule has 0 aromatic carbocycles. The fourth-order valence-corrected chi connectivity index (χ4v) is 3.71. The second-order valence-corrected chi connectivity index (χ2v) is 6.54. The number of likely N-dealkylation sites (tertiary alicyclic amines) is 1. The van der Waals surface area contributed by atoms with Crippen LogP contribution >= 0.6 is 0 Å². The van der Waals surface area contributed by atoms with Gasteiger partial charge in [-0.25, -0.2) is 4.98 Å². The number of nitrogens with one attached hydrogen (secondary N) is 1. The zero-order chi connectivity index (χ0) is 16.5. The van der Waals surface area contributed by atoms with E-state index < -0.39 is 0 Å². The van der Waals surface area contributed by atoms with Gasteiger partial charge in [-0.2, -0.15) is 0 Å². The van der Waals surface area contributed by atoms with Gasteiger partial charge in [-0.15, -0.1) is 0 Å². The number of hydrogen-bond donors (Lipinski definition) is 1. The van der Waals surface area contributed by atoms with Crippen molar-refractivity contribution < 1.29 is 9.32 Å². The first kappa shape index (κ1) is 15.5. The number of pyridine rings is 1. The Balaban J connectivity index is 1.49. The second kappa shape index (κ2) is 6.49.